The van der Waals surface area contributed by atoms with E-state index in [0.29, 0.717) is 18.8 Å². The van der Waals surface area contributed by atoms with Crippen molar-refractivity contribution in [3.05, 3.63) is 54.4 Å². The summed E-state index contributed by atoms with van der Waals surface area (Å²) in [5, 5.41) is 3.66. The summed E-state index contributed by atoms with van der Waals surface area (Å²) in [7, 11) is 0. The van der Waals surface area contributed by atoms with E-state index in [1.807, 2.05) is 36.5 Å². The molecular weight excluding hydrogens is 278 g/mol. The number of fused-ring (bicyclic) bond motifs is 1. The van der Waals surface area contributed by atoms with Gasteiger partial charge in [0.15, 0.2) is 0 Å². The molecule has 5 heteroatoms. The van der Waals surface area contributed by atoms with Gasteiger partial charge in [-0.25, -0.2) is 4.79 Å². The van der Waals surface area contributed by atoms with Crippen molar-refractivity contribution in [2.45, 2.75) is 13.5 Å². The highest BCUT2D eigenvalue weighted by atomic mass is 16.2. The number of carbonyl (C=O) groups is 2. The van der Waals surface area contributed by atoms with E-state index in [2.05, 4.69) is 16.5 Å². The molecule has 1 aromatic carbocycles. The number of hydrogen-bond acceptors (Lipinski definition) is 2. The van der Waals surface area contributed by atoms with E-state index < -0.39 is 0 Å². The molecule has 0 atom stereocenters. The van der Waals surface area contributed by atoms with Gasteiger partial charge in [-0.15, -0.1) is 6.58 Å². The van der Waals surface area contributed by atoms with Gasteiger partial charge >= 0.3 is 6.03 Å². The zero-order valence-electron chi connectivity index (χ0n) is 12.4. The Bertz CT molecular complexity index is 801. The average Bonchev–Trinajstić information content (AvgIpc) is 2.99. The molecule has 0 unspecified atom stereocenters. The fourth-order valence-electron chi connectivity index (χ4n) is 2.69. The van der Waals surface area contributed by atoms with Crippen LogP contribution in [0.2, 0.25) is 0 Å². The Morgan fingerprint density at radius 2 is 2.05 bits per heavy atom. The van der Waals surface area contributed by atoms with Crippen LogP contribution in [0.3, 0.4) is 0 Å². The summed E-state index contributed by atoms with van der Waals surface area (Å²) in [5.74, 6) is -0.284. The first kappa shape index (κ1) is 14.1. The van der Waals surface area contributed by atoms with Gasteiger partial charge < -0.3 is 9.88 Å². The molecular formula is C17H17N3O2. The third-order valence-electron chi connectivity index (χ3n) is 3.72. The fraction of sp³-hybridized carbons (Fsp3) is 0.176. The van der Waals surface area contributed by atoms with Gasteiger partial charge in [0.1, 0.15) is 5.70 Å². The molecule has 5 nitrogen and oxygen atoms in total. The Morgan fingerprint density at radius 1 is 1.27 bits per heavy atom. The smallest absolute Gasteiger partial charge is 0.328 e. The molecule has 22 heavy (non-hydrogen) atoms. The van der Waals surface area contributed by atoms with Crippen LogP contribution in [0.25, 0.3) is 17.0 Å². The first-order valence-electron chi connectivity index (χ1n) is 7.19. The number of benzene rings is 1. The van der Waals surface area contributed by atoms with E-state index in [1.165, 1.54) is 4.90 Å². The number of nitrogens with zero attached hydrogens (tertiary/aromatic N) is 2. The van der Waals surface area contributed by atoms with Gasteiger partial charge in [-0.1, -0.05) is 24.3 Å². The van der Waals surface area contributed by atoms with Crippen LogP contribution in [-0.4, -0.2) is 28.0 Å². The molecule has 3 amide bonds. The Balaban J connectivity index is 2.08. The molecule has 0 aliphatic carbocycles. The van der Waals surface area contributed by atoms with E-state index in [0.717, 1.165) is 16.5 Å². The summed E-state index contributed by atoms with van der Waals surface area (Å²) < 4.78 is 2.06. The largest absolute Gasteiger partial charge is 0.343 e. The maximum Gasteiger partial charge on any atom is 0.328 e. The molecule has 2 aromatic rings. The SMILES string of the molecule is C=CCn1cc(/C=C2/NC(=O)N(CC)C2=O)c2ccccc21. The number of aromatic nitrogens is 1. The lowest BCUT2D eigenvalue weighted by Crippen LogP contribution is -2.30. The fourth-order valence-corrected chi connectivity index (χ4v) is 2.69. The third-order valence-corrected chi connectivity index (χ3v) is 3.72. The van der Waals surface area contributed by atoms with Crippen molar-refractivity contribution in [1.82, 2.24) is 14.8 Å². The van der Waals surface area contributed by atoms with Gasteiger partial charge in [0.05, 0.1) is 0 Å². The van der Waals surface area contributed by atoms with Crippen molar-refractivity contribution >= 4 is 28.9 Å². The predicted octanol–water partition coefficient (Wildman–Crippen LogP) is 2.74. The average molecular weight is 295 g/mol. The maximum absolute atomic E-state index is 12.2. The standard InChI is InChI=1S/C17H17N3O2/c1-3-9-19-11-12(13-7-5-6-8-15(13)19)10-14-16(21)20(4-2)17(22)18-14/h3,5-8,10-11H,1,4,9H2,2H3,(H,18,22)/b14-10+. The first-order valence-corrected chi connectivity index (χ1v) is 7.19. The van der Waals surface area contributed by atoms with E-state index >= 15 is 0 Å². The summed E-state index contributed by atoms with van der Waals surface area (Å²) in [5.41, 5.74) is 2.28. The van der Waals surface area contributed by atoms with Crippen molar-refractivity contribution in [2.75, 3.05) is 6.54 Å². The molecule has 112 valence electrons. The summed E-state index contributed by atoms with van der Waals surface area (Å²) >= 11 is 0. The second-order valence-corrected chi connectivity index (χ2v) is 5.08. The molecule has 2 heterocycles. The number of amides is 3. The quantitative estimate of drug-likeness (QED) is 0.535. The number of nitrogens with one attached hydrogen (secondary N) is 1. The minimum Gasteiger partial charge on any atom is -0.343 e. The van der Waals surface area contributed by atoms with Crippen molar-refractivity contribution in [3.8, 4) is 0 Å². The van der Waals surface area contributed by atoms with Crippen LogP contribution in [0.1, 0.15) is 12.5 Å². The summed E-state index contributed by atoms with van der Waals surface area (Å²) in [6.45, 7) is 6.59. The van der Waals surface area contributed by atoms with Crippen LogP contribution in [0.15, 0.2) is 48.8 Å². The van der Waals surface area contributed by atoms with Crippen LogP contribution in [0.4, 0.5) is 4.79 Å². The zero-order chi connectivity index (χ0) is 15.7. The van der Waals surface area contributed by atoms with Gasteiger partial charge in [0, 0.05) is 35.8 Å². The van der Waals surface area contributed by atoms with Gasteiger partial charge in [-0.3, -0.25) is 9.69 Å². The lowest BCUT2D eigenvalue weighted by atomic mass is 10.1. The number of rotatable bonds is 4. The molecule has 1 N–H and O–H groups in total. The predicted molar refractivity (Wildman–Crippen MR) is 86.0 cm³/mol. The van der Waals surface area contributed by atoms with Crippen LogP contribution < -0.4 is 5.32 Å². The van der Waals surface area contributed by atoms with Crippen molar-refractivity contribution in [2.24, 2.45) is 0 Å². The summed E-state index contributed by atoms with van der Waals surface area (Å²) in [4.78, 5) is 25.1. The third kappa shape index (κ3) is 2.20. The minimum atomic E-state index is -0.367. The summed E-state index contributed by atoms with van der Waals surface area (Å²) in [6, 6.07) is 7.58. The topological polar surface area (TPSA) is 54.3 Å². The highest BCUT2D eigenvalue weighted by Gasteiger charge is 2.32. The van der Waals surface area contributed by atoms with E-state index in [1.54, 1.807) is 13.0 Å². The zero-order valence-corrected chi connectivity index (χ0v) is 12.4. The Hall–Kier alpha value is -2.82. The maximum atomic E-state index is 12.2. The molecule has 0 spiro atoms. The Kier molecular flexibility index (Phi) is 3.55. The van der Waals surface area contributed by atoms with E-state index in [9.17, 15) is 9.59 Å². The van der Waals surface area contributed by atoms with E-state index in [4.69, 9.17) is 0 Å². The Morgan fingerprint density at radius 3 is 2.73 bits per heavy atom. The highest BCUT2D eigenvalue weighted by molar-refractivity contribution is 6.14. The molecule has 0 bridgehead atoms. The monoisotopic (exact) mass is 295 g/mol. The lowest BCUT2D eigenvalue weighted by molar-refractivity contribution is -0.122. The Labute approximate surface area is 128 Å². The van der Waals surface area contributed by atoms with Crippen molar-refractivity contribution < 1.29 is 9.59 Å². The second kappa shape index (κ2) is 5.52. The number of imide groups is 1. The number of hydrogen-bond donors (Lipinski definition) is 1. The second-order valence-electron chi connectivity index (χ2n) is 5.08. The van der Waals surface area contributed by atoms with Crippen LogP contribution in [0, 0.1) is 0 Å². The molecule has 1 aromatic heterocycles. The van der Waals surface area contributed by atoms with Crippen LogP contribution in [0.5, 0.6) is 0 Å². The van der Waals surface area contributed by atoms with Gasteiger partial charge in [-0.05, 0) is 19.1 Å². The first-order chi connectivity index (χ1) is 10.7. The lowest BCUT2D eigenvalue weighted by Gasteiger charge is -2.05. The van der Waals surface area contributed by atoms with Gasteiger partial charge in [-0.2, -0.15) is 0 Å². The number of carbonyl (C=O) groups excluding carboxylic acids is 2. The normalized spacial score (nSPS) is 16.6. The van der Waals surface area contributed by atoms with Crippen molar-refractivity contribution in [3.63, 3.8) is 0 Å². The van der Waals surface area contributed by atoms with E-state index in [-0.39, 0.29) is 11.9 Å². The number of para-hydroxylation sites is 1. The number of likely N-dealkylation sites (N-methyl/N-ethyl adjacent to an activating group) is 1. The molecule has 1 aliphatic rings. The molecule has 0 radical (unpaired) electrons. The molecule has 1 fully saturated rings. The molecule has 1 saturated heterocycles. The number of allylic oxidation sites excluding steroid dienone is 1. The molecule has 1 aliphatic heterocycles. The van der Waals surface area contributed by atoms with Gasteiger partial charge in [0.25, 0.3) is 5.91 Å². The highest BCUT2D eigenvalue weighted by Crippen LogP contribution is 2.24. The van der Waals surface area contributed by atoms with Crippen LogP contribution >= 0.6 is 0 Å². The number of urea groups is 1. The molecule has 0 saturated carbocycles. The molecule has 3 rings (SSSR count). The van der Waals surface area contributed by atoms with Gasteiger partial charge in [0.2, 0.25) is 0 Å². The van der Waals surface area contributed by atoms with Crippen molar-refractivity contribution in [1.29, 1.82) is 0 Å². The minimum absolute atomic E-state index is 0.284. The summed E-state index contributed by atoms with van der Waals surface area (Å²) in [6.07, 6.45) is 5.52. The van der Waals surface area contributed by atoms with Crippen LogP contribution in [-0.2, 0) is 11.3 Å².